The minimum absolute atomic E-state index is 0.120. The van der Waals surface area contributed by atoms with Crippen molar-refractivity contribution in [1.82, 2.24) is 10.3 Å². The van der Waals surface area contributed by atoms with Gasteiger partial charge < -0.3 is 10.1 Å². The number of carbonyl (C=O) groups excluding carboxylic acids is 1. The molecule has 20 heavy (non-hydrogen) atoms. The van der Waals surface area contributed by atoms with Crippen LogP contribution in [-0.2, 0) is 4.74 Å². The Labute approximate surface area is 124 Å². The van der Waals surface area contributed by atoms with Crippen molar-refractivity contribution in [3.8, 4) is 0 Å². The van der Waals surface area contributed by atoms with Gasteiger partial charge in [-0.25, -0.2) is 14.2 Å². The Morgan fingerprint density at radius 2 is 1.95 bits per heavy atom. The highest BCUT2D eigenvalue weighted by Crippen LogP contribution is 2.17. The van der Waals surface area contributed by atoms with E-state index in [1.54, 1.807) is 18.2 Å². The third-order valence-electron chi connectivity index (χ3n) is 2.50. The van der Waals surface area contributed by atoms with Crippen LogP contribution in [0, 0.1) is 5.82 Å². The summed E-state index contributed by atoms with van der Waals surface area (Å²) in [6.45, 7) is 0.349. The molecule has 6 heteroatoms. The van der Waals surface area contributed by atoms with Crippen molar-refractivity contribution in [2.45, 2.75) is 6.04 Å². The molecule has 2 heterocycles. The van der Waals surface area contributed by atoms with Gasteiger partial charge in [0, 0.05) is 0 Å². The first-order valence-electron chi connectivity index (χ1n) is 5.91. The highest BCUT2D eigenvalue weighted by atomic mass is 79.9. The molecule has 2 aromatic rings. The number of alkyl carbamates (subject to hydrolysis) is 1. The van der Waals surface area contributed by atoms with Crippen LogP contribution in [-0.4, -0.2) is 17.7 Å². The van der Waals surface area contributed by atoms with E-state index in [1.807, 2.05) is 18.2 Å². The van der Waals surface area contributed by atoms with Gasteiger partial charge in [0.25, 0.3) is 0 Å². The van der Waals surface area contributed by atoms with E-state index in [4.69, 9.17) is 4.74 Å². The molecule has 1 aliphatic rings. The summed E-state index contributed by atoms with van der Waals surface area (Å²) in [6.07, 6.45) is -0.383. The molecule has 0 saturated carbocycles. The number of ether oxygens (including phenoxy) is 1. The molecule has 1 aliphatic heterocycles. The van der Waals surface area contributed by atoms with Gasteiger partial charge in [-0.3, -0.25) is 0 Å². The summed E-state index contributed by atoms with van der Waals surface area (Å²) in [5.41, 5.74) is 0.806. The molecule has 1 N–H and O–H groups in total. The Morgan fingerprint density at radius 3 is 2.45 bits per heavy atom. The monoisotopic (exact) mass is 338 g/mol. The number of cyclic esters (lactones) is 1. The number of amides is 1. The molecule has 1 aromatic carbocycles. The fourth-order valence-corrected chi connectivity index (χ4v) is 1.93. The molecule has 104 valence electrons. The maximum absolute atomic E-state index is 11.9. The molecule has 0 spiro atoms. The smallest absolute Gasteiger partial charge is 0.407 e. The van der Waals surface area contributed by atoms with Gasteiger partial charge >= 0.3 is 6.09 Å². The van der Waals surface area contributed by atoms with Crippen molar-refractivity contribution in [2.24, 2.45) is 0 Å². The summed E-state index contributed by atoms with van der Waals surface area (Å²) in [4.78, 5) is 15.0. The van der Waals surface area contributed by atoms with Crippen molar-refractivity contribution in [3.05, 3.63) is 64.6 Å². The fourth-order valence-electron chi connectivity index (χ4n) is 1.58. The molecule has 0 aliphatic carbocycles. The zero-order valence-corrected chi connectivity index (χ0v) is 12.0. The van der Waals surface area contributed by atoms with Crippen LogP contribution in [0.2, 0.25) is 0 Å². The highest BCUT2D eigenvalue weighted by Gasteiger charge is 2.24. The summed E-state index contributed by atoms with van der Waals surface area (Å²) in [6, 6.07) is 13.4. The van der Waals surface area contributed by atoms with Gasteiger partial charge in [0.15, 0.2) is 0 Å². The van der Waals surface area contributed by atoms with Crippen molar-refractivity contribution < 1.29 is 13.9 Å². The van der Waals surface area contributed by atoms with Gasteiger partial charge in [0.2, 0.25) is 0 Å². The lowest BCUT2D eigenvalue weighted by Gasteiger charge is -2.05. The van der Waals surface area contributed by atoms with Crippen LogP contribution in [0.3, 0.4) is 0 Å². The Bertz CT molecular complexity index is 580. The van der Waals surface area contributed by atoms with Gasteiger partial charge in [-0.1, -0.05) is 24.3 Å². The Morgan fingerprint density at radius 1 is 1.20 bits per heavy atom. The minimum Gasteiger partial charge on any atom is -0.447 e. The molecule has 1 amide bonds. The van der Waals surface area contributed by atoms with Crippen LogP contribution in [0.15, 0.2) is 53.1 Å². The van der Waals surface area contributed by atoms with Crippen LogP contribution >= 0.6 is 15.9 Å². The number of hydrogen-bond acceptors (Lipinski definition) is 3. The van der Waals surface area contributed by atoms with E-state index in [-0.39, 0.29) is 18.0 Å². The van der Waals surface area contributed by atoms with E-state index in [0.717, 1.165) is 10.3 Å². The van der Waals surface area contributed by atoms with E-state index in [1.165, 1.54) is 12.1 Å². The third-order valence-corrected chi connectivity index (χ3v) is 2.94. The number of aromatic nitrogens is 1. The molecule has 1 saturated heterocycles. The van der Waals surface area contributed by atoms with Crippen molar-refractivity contribution in [1.29, 1.82) is 0 Å². The summed E-state index contributed by atoms with van der Waals surface area (Å²) in [5.74, 6) is -0.178. The molecule has 0 radical (unpaired) electrons. The maximum Gasteiger partial charge on any atom is 0.407 e. The largest absolute Gasteiger partial charge is 0.447 e. The molecular formula is C14H12BrFN2O2. The summed E-state index contributed by atoms with van der Waals surface area (Å²) in [5, 5.41) is 2.65. The summed E-state index contributed by atoms with van der Waals surface area (Å²) < 4.78 is 17.4. The molecule has 1 atom stereocenters. The van der Waals surface area contributed by atoms with Gasteiger partial charge in [-0.05, 0) is 40.2 Å². The summed E-state index contributed by atoms with van der Waals surface area (Å²) >= 11 is 3.26. The predicted octanol–water partition coefficient (Wildman–Crippen LogP) is 3.45. The van der Waals surface area contributed by atoms with Gasteiger partial charge in [0.05, 0.1) is 5.69 Å². The predicted molar refractivity (Wildman–Crippen MR) is 75.6 cm³/mol. The van der Waals surface area contributed by atoms with Crippen LogP contribution in [0.25, 0.3) is 0 Å². The molecule has 1 aromatic heterocycles. The number of hydrogen-bond donors (Lipinski definition) is 1. The van der Waals surface area contributed by atoms with Crippen molar-refractivity contribution >= 4 is 22.0 Å². The molecular weight excluding hydrogens is 327 g/mol. The number of nitrogens with one attached hydrogen (secondary N) is 1. The third kappa shape index (κ3) is 4.31. The number of rotatable bonds is 1. The quantitative estimate of drug-likeness (QED) is 0.810. The molecule has 4 nitrogen and oxygen atoms in total. The number of nitrogens with zero attached hydrogens (tertiary/aromatic N) is 1. The Balaban J connectivity index is 0.000000178. The van der Waals surface area contributed by atoms with E-state index in [2.05, 4.69) is 26.2 Å². The highest BCUT2D eigenvalue weighted by molar-refractivity contribution is 9.10. The van der Waals surface area contributed by atoms with Crippen LogP contribution in [0.4, 0.5) is 9.18 Å². The zero-order valence-electron chi connectivity index (χ0n) is 10.4. The molecule has 3 rings (SSSR count). The standard InChI is InChI=1S/C8H7BrN2O2.C6H5F/c9-7-3-1-2-5(10-7)6-4-13-8(12)11-6;7-6-4-2-1-3-5-6/h1-3,6H,4H2,(H,11,12);1-5H. The fraction of sp³-hybridized carbons (Fsp3) is 0.143. The Kier molecular flexibility index (Phi) is 5.06. The van der Waals surface area contributed by atoms with Crippen LogP contribution < -0.4 is 5.32 Å². The maximum atomic E-state index is 11.9. The van der Waals surface area contributed by atoms with Crippen LogP contribution in [0.5, 0.6) is 0 Å². The SMILES string of the molecule is Fc1ccccc1.O=C1NC(c2cccc(Br)n2)CO1. The first-order valence-corrected chi connectivity index (χ1v) is 6.71. The number of pyridine rings is 1. The van der Waals surface area contributed by atoms with E-state index >= 15 is 0 Å². The van der Waals surface area contributed by atoms with E-state index < -0.39 is 0 Å². The lowest BCUT2D eigenvalue weighted by Crippen LogP contribution is -2.19. The average Bonchev–Trinajstić information content (AvgIpc) is 2.87. The van der Waals surface area contributed by atoms with E-state index in [9.17, 15) is 9.18 Å². The van der Waals surface area contributed by atoms with E-state index in [0.29, 0.717) is 6.61 Å². The normalized spacial score (nSPS) is 16.7. The van der Waals surface area contributed by atoms with Crippen molar-refractivity contribution in [2.75, 3.05) is 6.61 Å². The molecule has 0 bridgehead atoms. The number of halogens is 2. The lowest BCUT2D eigenvalue weighted by molar-refractivity contribution is 0.177. The zero-order chi connectivity index (χ0) is 14.4. The second-order valence-electron chi connectivity index (χ2n) is 3.98. The van der Waals surface area contributed by atoms with Crippen molar-refractivity contribution in [3.63, 3.8) is 0 Å². The van der Waals surface area contributed by atoms with Gasteiger partial charge in [-0.15, -0.1) is 0 Å². The minimum atomic E-state index is -0.383. The number of benzene rings is 1. The second kappa shape index (κ2) is 7.00. The second-order valence-corrected chi connectivity index (χ2v) is 4.79. The molecule has 1 fully saturated rings. The average molecular weight is 339 g/mol. The lowest BCUT2D eigenvalue weighted by atomic mass is 10.2. The topological polar surface area (TPSA) is 51.2 Å². The number of carbonyl (C=O) groups is 1. The first kappa shape index (κ1) is 14.5. The molecule has 1 unspecified atom stereocenters. The summed E-state index contributed by atoms with van der Waals surface area (Å²) in [7, 11) is 0. The Hall–Kier alpha value is -1.95. The van der Waals surface area contributed by atoms with Gasteiger partial charge in [-0.2, -0.15) is 0 Å². The first-order chi connectivity index (χ1) is 9.65. The van der Waals surface area contributed by atoms with Gasteiger partial charge in [0.1, 0.15) is 23.1 Å². The van der Waals surface area contributed by atoms with Crippen LogP contribution in [0.1, 0.15) is 11.7 Å².